The first-order valence-electron chi connectivity index (χ1n) is 7.34. The minimum atomic E-state index is 0.479. The molecular weight excluding hydrogens is 220 g/mol. The summed E-state index contributed by atoms with van der Waals surface area (Å²) in [6, 6.07) is 0. The molecule has 96 valence electrons. The maximum atomic E-state index is 2.58. The van der Waals surface area contributed by atoms with Crippen LogP contribution in [0.5, 0.6) is 0 Å². The highest BCUT2D eigenvalue weighted by molar-refractivity contribution is 6.14. The highest BCUT2D eigenvalue weighted by atomic mass is 28.1. The lowest BCUT2D eigenvalue weighted by atomic mass is 9.75. The quantitative estimate of drug-likeness (QED) is 0.662. The molecule has 0 aromatic rings. The fourth-order valence-electron chi connectivity index (χ4n) is 3.14. The largest absolute Gasteiger partial charge is 0.0659 e. The Morgan fingerprint density at radius 2 is 1.82 bits per heavy atom. The minimum absolute atomic E-state index is 0.479. The molecule has 0 spiro atoms. The first-order valence-corrected chi connectivity index (χ1v) is 8.49. The number of allylic oxidation sites excluding steroid dienone is 4. The lowest BCUT2D eigenvalue weighted by Gasteiger charge is -2.37. The molecule has 0 amide bonds. The summed E-state index contributed by atoms with van der Waals surface area (Å²) in [6.07, 6.45) is 9.48. The van der Waals surface area contributed by atoms with Crippen LogP contribution in [0.15, 0.2) is 22.8 Å². The summed E-state index contributed by atoms with van der Waals surface area (Å²) < 4.78 is 0. The van der Waals surface area contributed by atoms with Crippen molar-refractivity contribution in [3.8, 4) is 0 Å². The van der Waals surface area contributed by atoms with Crippen molar-refractivity contribution in [1.82, 2.24) is 0 Å². The van der Waals surface area contributed by atoms with Crippen LogP contribution in [-0.4, -0.2) is 10.2 Å². The molecule has 0 nitrogen and oxygen atoms in total. The average Bonchev–Trinajstić information content (AvgIpc) is 2.70. The van der Waals surface area contributed by atoms with Gasteiger partial charge < -0.3 is 0 Å². The van der Waals surface area contributed by atoms with E-state index in [-0.39, 0.29) is 0 Å². The first-order chi connectivity index (χ1) is 7.93. The lowest BCUT2D eigenvalue weighted by molar-refractivity contribution is 0.247. The molecule has 2 aliphatic carbocycles. The van der Waals surface area contributed by atoms with Crippen molar-refractivity contribution in [2.75, 3.05) is 0 Å². The molecule has 2 aliphatic rings. The van der Waals surface area contributed by atoms with Crippen molar-refractivity contribution in [2.24, 2.45) is 11.3 Å². The van der Waals surface area contributed by atoms with Gasteiger partial charge in [0.25, 0.3) is 0 Å². The summed E-state index contributed by atoms with van der Waals surface area (Å²) in [5.74, 6) is 0.781. The van der Waals surface area contributed by atoms with Crippen molar-refractivity contribution in [1.29, 1.82) is 0 Å². The second kappa shape index (κ2) is 4.76. The molecule has 0 heterocycles. The molecule has 2 rings (SSSR count). The third-order valence-electron chi connectivity index (χ3n) is 5.57. The summed E-state index contributed by atoms with van der Waals surface area (Å²) in [5, 5.41) is 0. The Morgan fingerprint density at radius 1 is 1.18 bits per heavy atom. The van der Waals surface area contributed by atoms with E-state index in [2.05, 4.69) is 33.8 Å². The summed E-state index contributed by atoms with van der Waals surface area (Å²) >= 11 is 0. The van der Waals surface area contributed by atoms with Crippen LogP contribution in [0, 0.1) is 11.3 Å². The van der Waals surface area contributed by atoms with Crippen LogP contribution in [0.1, 0.15) is 59.8 Å². The molecule has 0 aromatic heterocycles. The van der Waals surface area contributed by atoms with Crippen molar-refractivity contribution >= 4 is 10.2 Å². The molecule has 0 saturated heterocycles. The highest BCUT2D eigenvalue weighted by Gasteiger charge is 2.33. The minimum Gasteiger partial charge on any atom is -0.0659 e. The van der Waals surface area contributed by atoms with Gasteiger partial charge in [-0.2, -0.15) is 0 Å². The van der Waals surface area contributed by atoms with E-state index in [1.165, 1.54) is 42.3 Å². The Morgan fingerprint density at radius 3 is 2.41 bits per heavy atom. The fourth-order valence-corrected chi connectivity index (χ4v) is 4.18. The molecule has 0 aliphatic heterocycles. The smallest absolute Gasteiger partial charge is 0.0126 e. The topological polar surface area (TPSA) is 0 Å². The summed E-state index contributed by atoms with van der Waals surface area (Å²) in [7, 11) is 1.30. The van der Waals surface area contributed by atoms with Crippen molar-refractivity contribution in [2.45, 2.75) is 65.3 Å². The van der Waals surface area contributed by atoms with Crippen molar-refractivity contribution in [3.63, 3.8) is 0 Å². The second-order valence-electron chi connectivity index (χ2n) is 6.93. The van der Waals surface area contributed by atoms with E-state index in [4.69, 9.17) is 0 Å². The molecule has 0 bridgehead atoms. The molecule has 1 heteroatoms. The Balaban J connectivity index is 2.12. The molecule has 17 heavy (non-hydrogen) atoms. The number of rotatable bonds is 3. The van der Waals surface area contributed by atoms with Gasteiger partial charge in [0.05, 0.1) is 0 Å². The summed E-state index contributed by atoms with van der Waals surface area (Å²) in [6.45, 7) is 9.70. The van der Waals surface area contributed by atoms with Crippen LogP contribution in [0.25, 0.3) is 0 Å². The maximum absolute atomic E-state index is 2.58. The van der Waals surface area contributed by atoms with Crippen LogP contribution in [0.4, 0.5) is 0 Å². The molecule has 1 unspecified atom stereocenters. The Kier molecular flexibility index (Phi) is 3.68. The van der Waals surface area contributed by atoms with Gasteiger partial charge >= 0.3 is 0 Å². The fraction of sp³-hybridized carbons (Fsp3) is 0.750. The predicted molar refractivity (Wildman–Crippen MR) is 80.5 cm³/mol. The SMILES string of the molecule is CC(C)C(C)(C)C([SiH3])C1=CC2=C(CCCC2)C1. The van der Waals surface area contributed by atoms with Gasteiger partial charge in [-0.3, -0.25) is 0 Å². The van der Waals surface area contributed by atoms with E-state index in [0.717, 1.165) is 11.5 Å². The van der Waals surface area contributed by atoms with Gasteiger partial charge in [-0.05, 0) is 54.6 Å². The van der Waals surface area contributed by atoms with Gasteiger partial charge in [0, 0.05) is 10.2 Å². The second-order valence-corrected chi connectivity index (χ2v) is 8.08. The number of hydrogen-bond acceptors (Lipinski definition) is 0. The van der Waals surface area contributed by atoms with E-state index >= 15 is 0 Å². The van der Waals surface area contributed by atoms with Gasteiger partial charge in [-0.25, -0.2) is 0 Å². The van der Waals surface area contributed by atoms with E-state index in [9.17, 15) is 0 Å². The Labute approximate surface area is 110 Å². The van der Waals surface area contributed by atoms with Gasteiger partial charge in [-0.15, -0.1) is 0 Å². The third-order valence-corrected chi connectivity index (χ3v) is 7.80. The van der Waals surface area contributed by atoms with Gasteiger partial charge in [0.2, 0.25) is 0 Å². The average molecular weight is 248 g/mol. The standard InChI is InChI=1S/C16H28Si/c1-11(2)16(3,4)15(17)14-9-12-7-5-6-8-13(12)10-14/h9,11,15H,5-8,10H2,1-4,17H3. The van der Waals surface area contributed by atoms with Gasteiger partial charge in [0.1, 0.15) is 0 Å². The summed E-state index contributed by atoms with van der Waals surface area (Å²) in [4.78, 5) is 0. The van der Waals surface area contributed by atoms with Gasteiger partial charge in [0.15, 0.2) is 0 Å². The van der Waals surface area contributed by atoms with E-state index in [0.29, 0.717) is 5.41 Å². The van der Waals surface area contributed by atoms with Crippen molar-refractivity contribution < 1.29 is 0 Å². The summed E-state index contributed by atoms with van der Waals surface area (Å²) in [5.41, 5.74) is 6.60. The van der Waals surface area contributed by atoms with E-state index in [1.54, 1.807) is 16.7 Å². The number of hydrogen-bond donors (Lipinski definition) is 0. The molecule has 0 N–H and O–H groups in total. The molecule has 1 atom stereocenters. The molecule has 0 radical (unpaired) electrons. The highest BCUT2D eigenvalue weighted by Crippen LogP contribution is 2.47. The third kappa shape index (κ3) is 2.45. The lowest BCUT2D eigenvalue weighted by Crippen LogP contribution is -2.26. The zero-order chi connectivity index (χ0) is 12.6. The first kappa shape index (κ1) is 13.1. The van der Waals surface area contributed by atoms with Crippen LogP contribution in [-0.2, 0) is 0 Å². The van der Waals surface area contributed by atoms with E-state index in [1.807, 2.05) is 0 Å². The van der Waals surface area contributed by atoms with Crippen LogP contribution in [0.2, 0.25) is 5.54 Å². The Hall–Kier alpha value is -0.303. The predicted octanol–water partition coefficient (Wildman–Crippen LogP) is 4.02. The van der Waals surface area contributed by atoms with Crippen molar-refractivity contribution in [3.05, 3.63) is 22.8 Å². The van der Waals surface area contributed by atoms with Crippen LogP contribution in [0.3, 0.4) is 0 Å². The van der Waals surface area contributed by atoms with E-state index < -0.39 is 0 Å². The molecule has 0 fully saturated rings. The zero-order valence-corrected chi connectivity index (χ0v) is 14.3. The van der Waals surface area contributed by atoms with Gasteiger partial charge in [-0.1, -0.05) is 44.9 Å². The monoisotopic (exact) mass is 248 g/mol. The Bertz CT molecular complexity index is 358. The molecule has 0 saturated carbocycles. The molecule has 0 aromatic carbocycles. The normalized spacial score (nSPS) is 23.0. The maximum Gasteiger partial charge on any atom is 0.0126 e. The zero-order valence-electron chi connectivity index (χ0n) is 12.3. The van der Waals surface area contributed by atoms with Crippen LogP contribution < -0.4 is 0 Å². The van der Waals surface area contributed by atoms with Crippen LogP contribution >= 0.6 is 0 Å². The molecular formula is C16H28Si.